The summed E-state index contributed by atoms with van der Waals surface area (Å²) in [6.45, 7) is 7.04. The number of hydrogen-bond donors (Lipinski definition) is 3. The zero-order valence-electron chi connectivity index (χ0n) is 12.8. The van der Waals surface area contributed by atoms with Gasteiger partial charge in [-0.1, -0.05) is 18.2 Å². The fraction of sp³-hybridized carbons (Fsp3) is 0.562. The minimum absolute atomic E-state index is 0.0748. The monoisotopic (exact) mass is 275 g/mol. The van der Waals surface area contributed by atoms with Crippen LogP contribution in [0, 0.1) is 13.8 Å². The Bertz CT molecular complexity index is 480. The summed E-state index contributed by atoms with van der Waals surface area (Å²) < 4.78 is 0. The predicted molar refractivity (Wildman–Crippen MR) is 83.0 cm³/mol. The van der Waals surface area contributed by atoms with Crippen LogP contribution in [-0.2, 0) is 4.79 Å². The van der Waals surface area contributed by atoms with Crippen molar-refractivity contribution in [2.24, 2.45) is 0 Å². The van der Waals surface area contributed by atoms with Gasteiger partial charge in [-0.15, -0.1) is 0 Å². The van der Waals surface area contributed by atoms with Gasteiger partial charge in [-0.05, 0) is 58.3 Å². The summed E-state index contributed by atoms with van der Waals surface area (Å²) in [7, 11) is 1.88. The number of carbonyl (C=O) groups excluding carboxylic acids is 1. The molecule has 4 nitrogen and oxygen atoms in total. The number of nitrogens with one attached hydrogen (secondary N) is 3. The number of anilines is 1. The van der Waals surface area contributed by atoms with Gasteiger partial charge < -0.3 is 16.0 Å². The molecule has 1 aliphatic heterocycles. The maximum atomic E-state index is 12.8. The molecule has 1 heterocycles. The standard InChI is InChI=1S/C16H25N3O/c1-11-6-5-7-12(2)14(11)19-15(20)16(17-4)8-9-18-13(3)10-16/h5-7,13,17-18H,8-10H2,1-4H3,(H,19,20). The zero-order chi connectivity index (χ0) is 14.8. The van der Waals surface area contributed by atoms with Crippen LogP contribution in [-0.4, -0.2) is 31.1 Å². The van der Waals surface area contributed by atoms with E-state index in [9.17, 15) is 4.79 Å². The molecule has 0 spiro atoms. The third-order valence-electron chi connectivity index (χ3n) is 4.33. The topological polar surface area (TPSA) is 53.2 Å². The van der Waals surface area contributed by atoms with Crippen molar-refractivity contribution < 1.29 is 4.79 Å². The number of hydrogen-bond acceptors (Lipinski definition) is 3. The first-order valence-corrected chi connectivity index (χ1v) is 7.28. The molecule has 2 unspecified atom stereocenters. The fourth-order valence-corrected chi connectivity index (χ4v) is 3.02. The predicted octanol–water partition coefficient (Wildman–Crippen LogP) is 1.97. The molecule has 110 valence electrons. The lowest BCUT2D eigenvalue weighted by Crippen LogP contribution is -2.60. The van der Waals surface area contributed by atoms with Crippen molar-refractivity contribution in [1.29, 1.82) is 0 Å². The summed E-state index contributed by atoms with van der Waals surface area (Å²) in [5, 5.41) is 9.78. The third-order valence-corrected chi connectivity index (χ3v) is 4.33. The Labute approximate surface area is 121 Å². The van der Waals surface area contributed by atoms with Crippen LogP contribution in [0.2, 0.25) is 0 Å². The van der Waals surface area contributed by atoms with Gasteiger partial charge in [-0.2, -0.15) is 0 Å². The van der Waals surface area contributed by atoms with Gasteiger partial charge in [0.15, 0.2) is 0 Å². The Kier molecular flexibility index (Phi) is 4.45. The van der Waals surface area contributed by atoms with Crippen LogP contribution < -0.4 is 16.0 Å². The molecule has 2 atom stereocenters. The number of carbonyl (C=O) groups is 1. The molecule has 0 aliphatic carbocycles. The molecule has 1 aliphatic rings. The largest absolute Gasteiger partial charge is 0.324 e. The van der Waals surface area contributed by atoms with Crippen LogP contribution in [0.3, 0.4) is 0 Å². The van der Waals surface area contributed by atoms with E-state index >= 15 is 0 Å². The molecule has 2 rings (SSSR count). The van der Waals surface area contributed by atoms with Crippen molar-refractivity contribution in [3.05, 3.63) is 29.3 Å². The number of benzene rings is 1. The van der Waals surface area contributed by atoms with Crippen LogP contribution >= 0.6 is 0 Å². The van der Waals surface area contributed by atoms with Gasteiger partial charge in [0.2, 0.25) is 5.91 Å². The smallest absolute Gasteiger partial charge is 0.244 e. The van der Waals surface area contributed by atoms with Gasteiger partial charge in [0.25, 0.3) is 0 Å². The van der Waals surface area contributed by atoms with Crippen molar-refractivity contribution in [3.63, 3.8) is 0 Å². The zero-order valence-corrected chi connectivity index (χ0v) is 12.8. The molecule has 1 aromatic rings. The van der Waals surface area contributed by atoms with E-state index in [1.165, 1.54) is 0 Å². The molecular formula is C16H25N3O. The summed E-state index contributed by atoms with van der Waals surface area (Å²) in [4.78, 5) is 12.8. The van der Waals surface area contributed by atoms with Crippen molar-refractivity contribution in [2.45, 2.75) is 45.2 Å². The summed E-state index contributed by atoms with van der Waals surface area (Å²) in [6.07, 6.45) is 1.62. The molecule has 3 N–H and O–H groups in total. The highest BCUT2D eigenvalue weighted by Gasteiger charge is 2.40. The fourth-order valence-electron chi connectivity index (χ4n) is 3.02. The Morgan fingerprint density at radius 2 is 2.00 bits per heavy atom. The molecule has 0 aromatic heterocycles. The number of likely N-dealkylation sites (N-methyl/N-ethyl adjacent to an activating group) is 1. The highest BCUT2D eigenvalue weighted by atomic mass is 16.2. The van der Waals surface area contributed by atoms with Gasteiger partial charge in [0.05, 0.1) is 0 Å². The van der Waals surface area contributed by atoms with E-state index in [1.807, 2.05) is 39.1 Å². The van der Waals surface area contributed by atoms with Gasteiger partial charge >= 0.3 is 0 Å². The molecule has 4 heteroatoms. The lowest BCUT2D eigenvalue weighted by atomic mass is 9.83. The van der Waals surface area contributed by atoms with Crippen LogP contribution in [0.4, 0.5) is 5.69 Å². The van der Waals surface area contributed by atoms with Crippen LogP contribution in [0.25, 0.3) is 0 Å². The lowest BCUT2D eigenvalue weighted by Gasteiger charge is -2.39. The maximum Gasteiger partial charge on any atom is 0.244 e. The Hall–Kier alpha value is -1.39. The number of para-hydroxylation sites is 1. The minimum atomic E-state index is -0.473. The summed E-state index contributed by atoms with van der Waals surface area (Å²) in [5.41, 5.74) is 2.68. The SMILES string of the molecule is CNC1(C(=O)Nc2c(C)cccc2C)CCNC(C)C1. The molecule has 0 radical (unpaired) electrons. The molecule has 1 saturated heterocycles. The number of amides is 1. The highest BCUT2D eigenvalue weighted by Crippen LogP contribution is 2.26. The normalized spacial score (nSPS) is 26.3. The van der Waals surface area contributed by atoms with E-state index in [0.717, 1.165) is 36.2 Å². The number of aryl methyl sites for hydroxylation is 2. The minimum Gasteiger partial charge on any atom is -0.324 e. The van der Waals surface area contributed by atoms with E-state index < -0.39 is 5.54 Å². The molecule has 0 bridgehead atoms. The van der Waals surface area contributed by atoms with E-state index in [4.69, 9.17) is 0 Å². The lowest BCUT2D eigenvalue weighted by molar-refractivity contribution is -0.123. The molecule has 1 aromatic carbocycles. The van der Waals surface area contributed by atoms with E-state index in [2.05, 4.69) is 22.9 Å². The van der Waals surface area contributed by atoms with Crippen LogP contribution in [0.15, 0.2) is 18.2 Å². The Balaban J connectivity index is 2.22. The van der Waals surface area contributed by atoms with Crippen LogP contribution in [0.5, 0.6) is 0 Å². The van der Waals surface area contributed by atoms with E-state index in [-0.39, 0.29) is 5.91 Å². The molecule has 1 fully saturated rings. The van der Waals surface area contributed by atoms with Gasteiger partial charge in [-0.3, -0.25) is 4.79 Å². The summed E-state index contributed by atoms with van der Waals surface area (Å²) in [6, 6.07) is 6.42. The Morgan fingerprint density at radius 1 is 1.35 bits per heavy atom. The second kappa shape index (κ2) is 5.94. The molecule has 1 amide bonds. The quantitative estimate of drug-likeness (QED) is 0.790. The van der Waals surface area contributed by atoms with Crippen molar-refractivity contribution >= 4 is 11.6 Å². The first-order valence-electron chi connectivity index (χ1n) is 7.28. The van der Waals surface area contributed by atoms with Crippen molar-refractivity contribution in [3.8, 4) is 0 Å². The average molecular weight is 275 g/mol. The van der Waals surface area contributed by atoms with Crippen molar-refractivity contribution in [2.75, 3.05) is 18.9 Å². The number of piperidine rings is 1. The number of rotatable bonds is 3. The molecule has 0 saturated carbocycles. The summed E-state index contributed by atoms with van der Waals surface area (Å²) in [5.74, 6) is 0.0748. The van der Waals surface area contributed by atoms with Crippen LogP contribution in [0.1, 0.15) is 30.9 Å². The second-order valence-corrected chi connectivity index (χ2v) is 5.86. The van der Waals surface area contributed by atoms with Gasteiger partial charge in [0.1, 0.15) is 5.54 Å². The first-order chi connectivity index (χ1) is 9.48. The highest BCUT2D eigenvalue weighted by molar-refractivity contribution is 5.99. The van der Waals surface area contributed by atoms with Gasteiger partial charge in [0, 0.05) is 11.7 Å². The van der Waals surface area contributed by atoms with Crippen molar-refractivity contribution in [1.82, 2.24) is 10.6 Å². The molecule has 20 heavy (non-hydrogen) atoms. The third kappa shape index (κ3) is 2.86. The maximum absolute atomic E-state index is 12.8. The second-order valence-electron chi connectivity index (χ2n) is 5.86. The van der Waals surface area contributed by atoms with E-state index in [0.29, 0.717) is 6.04 Å². The van der Waals surface area contributed by atoms with Gasteiger partial charge in [-0.25, -0.2) is 0 Å². The van der Waals surface area contributed by atoms with E-state index in [1.54, 1.807) is 0 Å². The average Bonchev–Trinajstić information content (AvgIpc) is 2.42. The Morgan fingerprint density at radius 3 is 2.55 bits per heavy atom. The first kappa shape index (κ1) is 15.0. The molecular weight excluding hydrogens is 250 g/mol. The summed E-state index contributed by atoms with van der Waals surface area (Å²) >= 11 is 0.